The first kappa shape index (κ1) is 27.3. The molecule has 34 heavy (non-hydrogen) atoms. The molecule has 0 aliphatic heterocycles. The van der Waals surface area contributed by atoms with Gasteiger partial charge in [-0.15, -0.1) is 0 Å². The Bertz CT molecular complexity index is 1230. The van der Waals surface area contributed by atoms with Crippen LogP contribution >= 0.6 is 0 Å². The summed E-state index contributed by atoms with van der Waals surface area (Å²) < 4.78 is 28.9. The van der Waals surface area contributed by atoms with E-state index < -0.39 is 27.2 Å². The minimum Gasteiger partial charge on any atom is -0.383 e. The molecule has 188 valence electrons. The van der Waals surface area contributed by atoms with Gasteiger partial charge in [-0.05, 0) is 49.4 Å². The average molecular weight is 494 g/mol. The molecule has 1 heterocycles. The molecule has 2 aromatic rings. The van der Waals surface area contributed by atoms with E-state index in [-0.39, 0.29) is 52.9 Å². The number of aromatic amines is 1. The first-order valence-corrected chi connectivity index (χ1v) is 12.8. The summed E-state index contributed by atoms with van der Waals surface area (Å²) in [5.41, 5.74) is 4.91. The number of sulfonamides is 1. The van der Waals surface area contributed by atoms with Crippen LogP contribution in [-0.2, 0) is 16.6 Å². The van der Waals surface area contributed by atoms with Gasteiger partial charge in [0.25, 0.3) is 11.5 Å². The molecule has 0 radical (unpaired) electrons. The highest BCUT2D eigenvalue weighted by Gasteiger charge is 2.27. The highest BCUT2D eigenvalue weighted by molar-refractivity contribution is 7.89. The Hall–Kier alpha value is -2.92. The van der Waals surface area contributed by atoms with E-state index in [0.717, 1.165) is 0 Å². The van der Waals surface area contributed by atoms with Gasteiger partial charge in [0.15, 0.2) is 5.69 Å². The fraction of sp³-hybridized carbons (Fsp3) is 0.522. The fourth-order valence-corrected chi connectivity index (χ4v) is 4.70. The van der Waals surface area contributed by atoms with E-state index >= 15 is 0 Å². The van der Waals surface area contributed by atoms with Crippen LogP contribution in [0.25, 0.3) is 0 Å². The van der Waals surface area contributed by atoms with Gasteiger partial charge in [-0.25, -0.2) is 17.9 Å². The van der Waals surface area contributed by atoms with Gasteiger partial charge in [-0.2, -0.15) is 0 Å². The number of nitrogens with one attached hydrogen (secondary N) is 2. The number of carbonyl (C=O) groups excluding carboxylic acids is 1. The van der Waals surface area contributed by atoms with Gasteiger partial charge in [-0.1, -0.05) is 34.6 Å². The second-order valence-corrected chi connectivity index (χ2v) is 11.0. The van der Waals surface area contributed by atoms with Crippen molar-refractivity contribution < 1.29 is 13.2 Å². The zero-order chi connectivity index (χ0) is 25.8. The minimum atomic E-state index is -3.73. The molecule has 1 unspecified atom stereocenters. The Labute approximate surface area is 200 Å². The highest BCUT2D eigenvalue weighted by atomic mass is 32.2. The molecule has 1 aromatic heterocycles. The number of hydrogen-bond donors (Lipinski definition) is 3. The monoisotopic (exact) mass is 493 g/mol. The van der Waals surface area contributed by atoms with Crippen molar-refractivity contribution in [1.82, 2.24) is 14.3 Å². The van der Waals surface area contributed by atoms with E-state index in [0.29, 0.717) is 6.42 Å². The molecule has 11 heteroatoms. The molecule has 0 bridgehead atoms. The third kappa shape index (κ3) is 6.35. The molecule has 0 aliphatic rings. The standard InChI is InChI=1S/C23H35N5O5S/c1-7-16(6)26-34(32,33)18-10-8-17(9-11-18)22(30)27(12-14(2)3)19-20(24)28(13-15(4)5)23(31)25-21(19)29/h8-11,14-16,26H,7,12-13,24H2,1-6H3,(H,25,29,31). The van der Waals surface area contributed by atoms with Crippen molar-refractivity contribution in [2.75, 3.05) is 17.2 Å². The van der Waals surface area contributed by atoms with Crippen molar-refractivity contribution in [2.24, 2.45) is 11.8 Å². The zero-order valence-electron chi connectivity index (χ0n) is 20.6. The number of nitrogens with zero attached hydrogens (tertiary/aromatic N) is 2. The fourth-order valence-electron chi connectivity index (χ4n) is 3.37. The topological polar surface area (TPSA) is 147 Å². The van der Waals surface area contributed by atoms with Crippen LogP contribution in [0.5, 0.6) is 0 Å². The summed E-state index contributed by atoms with van der Waals surface area (Å²) in [6, 6.07) is 5.26. The lowest BCUT2D eigenvalue weighted by atomic mass is 10.1. The van der Waals surface area contributed by atoms with Crippen LogP contribution < -0.4 is 26.6 Å². The largest absolute Gasteiger partial charge is 0.383 e. The molecule has 0 fully saturated rings. The van der Waals surface area contributed by atoms with Crippen molar-refractivity contribution in [3.8, 4) is 0 Å². The maximum atomic E-state index is 13.5. The summed E-state index contributed by atoms with van der Waals surface area (Å²) in [4.78, 5) is 42.1. The maximum absolute atomic E-state index is 13.5. The van der Waals surface area contributed by atoms with Crippen molar-refractivity contribution in [3.63, 3.8) is 0 Å². The zero-order valence-corrected chi connectivity index (χ0v) is 21.4. The molecule has 0 saturated heterocycles. The number of amides is 1. The Balaban J connectivity index is 2.53. The number of hydrogen-bond acceptors (Lipinski definition) is 6. The number of nitrogen functional groups attached to an aromatic ring is 1. The molecular formula is C23H35N5O5S. The van der Waals surface area contributed by atoms with Crippen molar-refractivity contribution in [3.05, 3.63) is 50.7 Å². The van der Waals surface area contributed by atoms with Crippen LogP contribution in [0.2, 0.25) is 0 Å². The Morgan fingerprint density at radius 1 is 1.09 bits per heavy atom. The first-order chi connectivity index (χ1) is 15.8. The number of benzene rings is 1. The number of aromatic nitrogens is 2. The number of carbonyl (C=O) groups is 1. The number of rotatable bonds is 10. The second kappa shape index (κ2) is 11.0. The highest BCUT2D eigenvalue weighted by Crippen LogP contribution is 2.22. The van der Waals surface area contributed by atoms with Crippen molar-refractivity contribution in [2.45, 2.75) is 65.4 Å². The molecule has 2 rings (SSSR count). The number of anilines is 2. The lowest BCUT2D eigenvalue weighted by Gasteiger charge is -2.26. The van der Waals surface area contributed by atoms with E-state index in [1.54, 1.807) is 6.92 Å². The van der Waals surface area contributed by atoms with Crippen LogP contribution in [-0.4, -0.2) is 36.5 Å². The lowest BCUT2D eigenvalue weighted by molar-refractivity contribution is 0.0983. The molecule has 1 aromatic carbocycles. The van der Waals surface area contributed by atoms with Gasteiger partial charge < -0.3 is 10.6 Å². The van der Waals surface area contributed by atoms with Crippen LogP contribution in [0, 0.1) is 11.8 Å². The summed E-state index contributed by atoms with van der Waals surface area (Å²) in [6.45, 7) is 11.6. The van der Waals surface area contributed by atoms with Gasteiger partial charge in [-0.3, -0.25) is 19.1 Å². The molecule has 4 N–H and O–H groups in total. The lowest BCUT2D eigenvalue weighted by Crippen LogP contribution is -2.43. The molecule has 0 spiro atoms. The van der Waals surface area contributed by atoms with Crippen molar-refractivity contribution >= 4 is 27.4 Å². The molecule has 1 atom stereocenters. The molecule has 0 saturated carbocycles. The van der Waals surface area contributed by atoms with Gasteiger partial charge >= 0.3 is 5.69 Å². The SMILES string of the molecule is CCC(C)NS(=O)(=O)c1ccc(C(=O)N(CC(C)C)c2c(N)n(CC(C)C)c(=O)[nH]c2=O)cc1. The van der Waals surface area contributed by atoms with Crippen LogP contribution in [0.1, 0.15) is 58.3 Å². The molecule has 1 amide bonds. The molecular weight excluding hydrogens is 458 g/mol. The predicted octanol–water partition coefficient (Wildman–Crippen LogP) is 2.15. The van der Waals surface area contributed by atoms with E-state index in [4.69, 9.17) is 5.73 Å². The van der Waals surface area contributed by atoms with E-state index in [2.05, 4.69) is 9.71 Å². The maximum Gasteiger partial charge on any atom is 0.330 e. The summed E-state index contributed by atoms with van der Waals surface area (Å²) in [7, 11) is -3.73. The first-order valence-electron chi connectivity index (χ1n) is 11.3. The van der Waals surface area contributed by atoms with Crippen molar-refractivity contribution in [1.29, 1.82) is 0 Å². The van der Waals surface area contributed by atoms with Crippen LogP contribution in [0.15, 0.2) is 38.8 Å². The van der Waals surface area contributed by atoms with Gasteiger partial charge in [0.2, 0.25) is 10.0 Å². The van der Waals surface area contributed by atoms with Crippen LogP contribution in [0.3, 0.4) is 0 Å². The summed E-state index contributed by atoms with van der Waals surface area (Å²) in [5.74, 6) is -0.563. The Morgan fingerprint density at radius 2 is 1.68 bits per heavy atom. The van der Waals surface area contributed by atoms with Crippen LogP contribution in [0.4, 0.5) is 11.5 Å². The Kier molecular flexibility index (Phi) is 8.84. The molecule has 10 nitrogen and oxygen atoms in total. The van der Waals surface area contributed by atoms with Gasteiger partial charge in [0, 0.05) is 24.7 Å². The summed E-state index contributed by atoms with van der Waals surface area (Å²) in [6.07, 6.45) is 0.634. The third-order valence-corrected chi connectivity index (χ3v) is 6.81. The van der Waals surface area contributed by atoms with E-state index in [1.807, 2.05) is 34.6 Å². The number of nitrogens with two attached hydrogens (primary N) is 1. The average Bonchev–Trinajstić information content (AvgIpc) is 2.74. The third-order valence-electron chi connectivity index (χ3n) is 5.20. The normalized spacial score (nSPS) is 12.8. The van der Waals surface area contributed by atoms with Gasteiger partial charge in [0.05, 0.1) is 4.90 Å². The van der Waals surface area contributed by atoms with E-state index in [9.17, 15) is 22.8 Å². The number of H-pyrrole nitrogens is 1. The second-order valence-electron chi connectivity index (χ2n) is 9.26. The van der Waals surface area contributed by atoms with Gasteiger partial charge in [0.1, 0.15) is 5.82 Å². The molecule has 0 aliphatic carbocycles. The van der Waals surface area contributed by atoms with E-state index in [1.165, 1.54) is 33.7 Å². The minimum absolute atomic E-state index is 0.0207. The smallest absolute Gasteiger partial charge is 0.330 e. The summed E-state index contributed by atoms with van der Waals surface area (Å²) >= 11 is 0. The quantitative estimate of drug-likeness (QED) is 0.462. The predicted molar refractivity (Wildman–Crippen MR) is 134 cm³/mol. The Morgan fingerprint density at radius 3 is 2.18 bits per heavy atom. The summed E-state index contributed by atoms with van der Waals surface area (Å²) in [5, 5.41) is 0.